The number of aliphatic carboxylic acids is 1. The van der Waals surface area contributed by atoms with Crippen molar-refractivity contribution >= 4 is 5.97 Å². The molecule has 1 aromatic rings. The smallest absolute Gasteiger partial charge is 0.310 e. The number of hydrogen-bond acceptors (Lipinski definition) is 2. The first kappa shape index (κ1) is 14.5. The second kappa shape index (κ2) is 6.06. The van der Waals surface area contributed by atoms with Crippen LogP contribution < -0.4 is 0 Å². The number of carboxylic acids is 1. The van der Waals surface area contributed by atoms with Crippen molar-refractivity contribution in [1.82, 2.24) is 0 Å². The molecule has 1 aromatic carbocycles. The quantitative estimate of drug-likeness (QED) is 0.892. The summed E-state index contributed by atoms with van der Waals surface area (Å²) < 4.78 is 5.71. The lowest BCUT2D eigenvalue weighted by Gasteiger charge is -2.32. The van der Waals surface area contributed by atoms with Crippen LogP contribution in [0.25, 0.3) is 0 Å². The van der Waals surface area contributed by atoms with Crippen LogP contribution in [0.1, 0.15) is 25.3 Å². The van der Waals surface area contributed by atoms with Crippen LogP contribution >= 0.6 is 0 Å². The number of benzene rings is 1. The maximum absolute atomic E-state index is 11.2. The molecule has 0 saturated carbocycles. The molecule has 0 amide bonds. The highest BCUT2D eigenvalue weighted by Gasteiger charge is 2.32. The van der Waals surface area contributed by atoms with Crippen molar-refractivity contribution in [3.63, 3.8) is 0 Å². The Labute approximate surface area is 119 Å². The summed E-state index contributed by atoms with van der Waals surface area (Å²) in [6.45, 7) is 1.89. The van der Waals surface area contributed by atoms with Crippen LogP contribution in [0.15, 0.2) is 54.1 Å². The largest absolute Gasteiger partial charge is 0.481 e. The van der Waals surface area contributed by atoms with Crippen LogP contribution in [0.5, 0.6) is 0 Å². The van der Waals surface area contributed by atoms with Crippen LogP contribution in [0.3, 0.4) is 0 Å². The zero-order valence-electron chi connectivity index (χ0n) is 11.9. The van der Waals surface area contributed by atoms with Crippen LogP contribution in [0, 0.1) is 5.92 Å². The van der Waals surface area contributed by atoms with Crippen molar-refractivity contribution in [2.75, 3.05) is 7.11 Å². The van der Waals surface area contributed by atoms with Gasteiger partial charge in [0.15, 0.2) is 0 Å². The molecule has 0 bridgehead atoms. The van der Waals surface area contributed by atoms with E-state index < -0.39 is 17.5 Å². The molecule has 2 rings (SSSR count). The summed E-state index contributed by atoms with van der Waals surface area (Å²) in [5.41, 5.74) is 1.46. The number of ether oxygens (including phenoxy) is 1. The minimum Gasteiger partial charge on any atom is -0.481 e. The zero-order chi connectivity index (χ0) is 14.6. The number of allylic oxidation sites excluding steroid dienone is 1. The molecule has 0 radical (unpaired) electrons. The number of methoxy groups -OCH3 is 1. The number of carbonyl (C=O) groups is 1. The van der Waals surface area contributed by atoms with Gasteiger partial charge in [-0.2, -0.15) is 0 Å². The van der Waals surface area contributed by atoms with E-state index in [1.165, 1.54) is 0 Å². The normalized spacial score (nSPS) is 23.2. The third kappa shape index (κ3) is 2.68. The Morgan fingerprint density at radius 2 is 2.10 bits per heavy atom. The summed E-state index contributed by atoms with van der Waals surface area (Å²) in [7, 11) is 1.69. The van der Waals surface area contributed by atoms with Crippen LogP contribution in [0.2, 0.25) is 0 Å². The first-order valence-corrected chi connectivity index (χ1v) is 6.85. The molecule has 0 aliphatic heterocycles. The lowest BCUT2D eigenvalue weighted by molar-refractivity contribution is -0.140. The molecule has 0 heterocycles. The molecular weight excluding hydrogens is 252 g/mol. The summed E-state index contributed by atoms with van der Waals surface area (Å²) in [6, 6.07) is 9.99. The first-order chi connectivity index (χ1) is 9.63. The van der Waals surface area contributed by atoms with Crippen LogP contribution in [-0.2, 0) is 15.1 Å². The third-order valence-corrected chi connectivity index (χ3v) is 3.92. The Bertz CT molecular complexity index is 530. The molecule has 0 aromatic heterocycles. The Balaban J connectivity index is 2.26. The first-order valence-electron chi connectivity index (χ1n) is 6.85. The SMILES string of the molecule is CCC(C(=O)O)C1=CCC(OC)(c2ccccc2)C=C1. The van der Waals surface area contributed by atoms with E-state index in [1.807, 2.05) is 55.5 Å². The van der Waals surface area contributed by atoms with E-state index in [1.54, 1.807) is 7.11 Å². The van der Waals surface area contributed by atoms with E-state index in [-0.39, 0.29) is 0 Å². The Hall–Kier alpha value is -1.87. The van der Waals surface area contributed by atoms with Crippen molar-refractivity contribution in [1.29, 1.82) is 0 Å². The lowest BCUT2D eigenvalue weighted by Crippen LogP contribution is -2.28. The van der Waals surface area contributed by atoms with Gasteiger partial charge >= 0.3 is 5.97 Å². The fraction of sp³-hybridized carbons (Fsp3) is 0.353. The third-order valence-electron chi connectivity index (χ3n) is 3.92. The standard InChI is InChI=1S/C17H20O3/c1-3-15(16(18)19)13-9-11-17(20-2,12-10-13)14-7-5-4-6-8-14/h4-11,15H,3,12H2,1-2H3,(H,18,19). The number of carboxylic acid groups (broad SMARTS) is 1. The molecule has 0 fully saturated rings. The Kier molecular flexibility index (Phi) is 4.40. The highest BCUT2D eigenvalue weighted by molar-refractivity contribution is 5.74. The predicted molar refractivity (Wildman–Crippen MR) is 78.4 cm³/mol. The second-order valence-corrected chi connectivity index (χ2v) is 5.00. The van der Waals surface area contributed by atoms with Gasteiger partial charge in [-0.15, -0.1) is 0 Å². The lowest BCUT2D eigenvalue weighted by atomic mass is 9.82. The summed E-state index contributed by atoms with van der Waals surface area (Å²) in [5.74, 6) is -1.20. The van der Waals surface area contributed by atoms with E-state index in [4.69, 9.17) is 4.74 Å². The van der Waals surface area contributed by atoms with Crippen LogP contribution in [0.4, 0.5) is 0 Å². The average Bonchev–Trinajstić information content (AvgIpc) is 2.49. The summed E-state index contributed by atoms with van der Waals surface area (Å²) in [6.07, 6.45) is 7.10. The monoisotopic (exact) mass is 272 g/mol. The molecule has 3 heteroatoms. The average molecular weight is 272 g/mol. The molecule has 1 aliphatic rings. The van der Waals surface area contributed by atoms with Gasteiger partial charge in [0.25, 0.3) is 0 Å². The summed E-state index contributed by atoms with van der Waals surface area (Å²) >= 11 is 0. The summed E-state index contributed by atoms with van der Waals surface area (Å²) in [4.78, 5) is 11.2. The second-order valence-electron chi connectivity index (χ2n) is 5.00. The van der Waals surface area contributed by atoms with Gasteiger partial charge in [-0.25, -0.2) is 0 Å². The van der Waals surface area contributed by atoms with Crippen molar-refractivity contribution in [2.24, 2.45) is 5.92 Å². The van der Waals surface area contributed by atoms with Gasteiger partial charge in [0, 0.05) is 13.5 Å². The van der Waals surface area contributed by atoms with Gasteiger partial charge in [0.05, 0.1) is 5.92 Å². The molecule has 106 valence electrons. The van der Waals surface area contributed by atoms with Crippen molar-refractivity contribution in [3.05, 3.63) is 59.7 Å². The molecule has 0 saturated heterocycles. The molecule has 1 aliphatic carbocycles. The van der Waals surface area contributed by atoms with Gasteiger partial charge in [0.2, 0.25) is 0 Å². The van der Waals surface area contributed by atoms with Gasteiger partial charge < -0.3 is 9.84 Å². The van der Waals surface area contributed by atoms with Crippen molar-refractivity contribution < 1.29 is 14.6 Å². The Morgan fingerprint density at radius 1 is 1.40 bits per heavy atom. The zero-order valence-corrected chi connectivity index (χ0v) is 11.9. The molecule has 3 nitrogen and oxygen atoms in total. The summed E-state index contributed by atoms with van der Waals surface area (Å²) in [5, 5.41) is 9.22. The fourth-order valence-electron chi connectivity index (χ4n) is 2.65. The van der Waals surface area contributed by atoms with E-state index in [0.717, 1.165) is 11.1 Å². The molecule has 1 N–H and O–H groups in total. The molecule has 0 spiro atoms. The highest BCUT2D eigenvalue weighted by Crippen LogP contribution is 2.36. The maximum atomic E-state index is 11.2. The topological polar surface area (TPSA) is 46.5 Å². The van der Waals surface area contributed by atoms with Gasteiger partial charge in [-0.3, -0.25) is 4.79 Å². The van der Waals surface area contributed by atoms with E-state index in [9.17, 15) is 9.90 Å². The number of rotatable bonds is 5. The molecule has 2 atom stereocenters. The molecular formula is C17H20O3. The van der Waals surface area contributed by atoms with Gasteiger partial charge in [-0.1, -0.05) is 49.4 Å². The fourth-order valence-corrected chi connectivity index (χ4v) is 2.65. The van der Waals surface area contributed by atoms with E-state index >= 15 is 0 Å². The van der Waals surface area contributed by atoms with Crippen molar-refractivity contribution in [3.8, 4) is 0 Å². The number of hydrogen-bond donors (Lipinski definition) is 1. The van der Waals surface area contributed by atoms with E-state index in [0.29, 0.717) is 12.8 Å². The van der Waals surface area contributed by atoms with E-state index in [2.05, 4.69) is 0 Å². The van der Waals surface area contributed by atoms with Gasteiger partial charge in [-0.05, 0) is 23.6 Å². The van der Waals surface area contributed by atoms with Gasteiger partial charge in [0.1, 0.15) is 5.60 Å². The van der Waals surface area contributed by atoms with Crippen LogP contribution in [-0.4, -0.2) is 18.2 Å². The highest BCUT2D eigenvalue weighted by atomic mass is 16.5. The minimum absolute atomic E-state index is 0.433. The predicted octanol–water partition coefficient (Wildman–Crippen LogP) is 3.53. The maximum Gasteiger partial charge on any atom is 0.310 e. The molecule has 20 heavy (non-hydrogen) atoms. The van der Waals surface area contributed by atoms with Crippen molar-refractivity contribution in [2.45, 2.75) is 25.4 Å². The Morgan fingerprint density at radius 3 is 2.55 bits per heavy atom. The molecule has 2 unspecified atom stereocenters. The minimum atomic E-state index is -0.770.